The second kappa shape index (κ2) is 8.80. The van der Waals surface area contributed by atoms with Crippen LogP contribution < -0.4 is 5.32 Å². The van der Waals surface area contributed by atoms with E-state index in [1.54, 1.807) is 59.3 Å². The van der Waals surface area contributed by atoms with Crippen LogP contribution in [0, 0.1) is 13.8 Å². The Balaban J connectivity index is 1.55. The summed E-state index contributed by atoms with van der Waals surface area (Å²) in [4.78, 5) is 12.6. The van der Waals surface area contributed by atoms with Gasteiger partial charge in [0.15, 0.2) is 9.84 Å². The Hall–Kier alpha value is -2.64. The van der Waals surface area contributed by atoms with Crippen molar-refractivity contribution >= 4 is 27.3 Å². The van der Waals surface area contributed by atoms with Crippen molar-refractivity contribution in [3.05, 3.63) is 76.6 Å². The fraction of sp³-hybridized carbons (Fsp3) is 0.238. The predicted octanol–water partition coefficient (Wildman–Crippen LogP) is 3.74. The number of hydrogen-bond donors (Lipinski definition) is 1. The monoisotopic (exact) mass is 431 g/mol. The Morgan fingerprint density at radius 2 is 1.72 bits per heavy atom. The Bertz CT molecular complexity index is 1110. The Morgan fingerprint density at radius 3 is 2.31 bits per heavy atom. The molecule has 1 amide bonds. The summed E-state index contributed by atoms with van der Waals surface area (Å²) in [7, 11) is -3.34. The third-order valence-corrected chi connectivity index (χ3v) is 6.92. The van der Waals surface area contributed by atoms with E-state index in [1.807, 2.05) is 13.8 Å². The van der Waals surface area contributed by atoms with Gasteiger partial charge in [0.1, 0.15) is 0 Å². The molecular weight excluding hydrogens is 410 g/mol. The van der Waals surface area contributed by atoms with E-state index in [2.05, 4.69) is 10.4 Å². The van der Waals surface area contributed by atoms with Gasteiger partial charge in [-0.1, -0.05) is 29.8 Å². The molecule has 1 heterocycles. The van der Waals surface area contributed by atoms with Crippen LogP contribution in [-0.2, 0) is 9.84 Å². The fourth-order valence-corrected chi connectivity index (χ4v) is 4.39. The minimum absolute atomic E-state index is 0.0189. The van der Waals surface area contributed by atoms with Crippen LogP contribution in [0.4, 0.5) is 0 Å². The molecule has 0 saturated heterocycles. The first kappa shape index (κ1) is 21.1. The minimum Gasteiger partial charge on any atom is -0.352 e. The quantitative estimate of drug-likeness (QED) is 0.578. The maximum absolute atomic E-state index is 12.3. The van der Waals surface area contributed by atoms with Crippen molar-refractivity contribution in [1.82, 2.24) is 15.1 Å². The van der Waals surface area contributed by atoms with Crippen LogP contribution in [-0.4, -0.2) is 36.4 Å². The van der Waals surface area contributed by atoms with E-state index in [4.69, 9.17) is 11.6 Å². The van der Waals surface area contributed by atoms with Gasteiger partial charge >= 0.3 is 0 Å². The zero-order valence-corrected chi connectivity index (χ0v) is 17.8. The highest BCUT2D eigenvalue weighted by Crippen LogP contribution is 2.22. The molecule has 0 atom stereocenters. The molecule has 0 saturated carbocycles. The number of nitrogens with one attached hydrogen (secondary N) is 1. The van der Waals surface area contributed by atoms with Gasteiger partial charge in [0.05, 0.1) is 32.7 Å². The maximum atomic E-state index is 12.3. The zero-order valence-electron chi connectivity index (χ0n) is 16.2. The molecule has 152 valence electrons. The second-order valence-corrected chi connectivity index (χ2v) is 9.17. The molecule has 0 unspecified atom stereocenters. The summed E-state index contributed by atoms with van der Waals surface area (Å²) >= 11 is 6.18. The van der Waals surface area contributed by atoms with Crippen LogP contribution in [0.1, 0.15) is 28.2 Å². The number of sulfone groups is 1. The van der Waals surface area contributed by atoms with Crippen molar-refractivity contribution in [1.29, 1.82) is 0 Å². The maximum Gasteiger partial charge on any atom is 0.251 e. The topological polar surface area (TPSA) is 81.1 Å². The second-order valence-electron chi connectivity index (χ2n) is 6.68. The van der Waals surface area contributed by atoms with Gasteiger partial charge in [0.25, 0.3) is 5.91 Å². The van der Waals surface area contributed by atoms with E-state index in [0.29, 0.717) is 21.9 Å². The number of hydrogen-bond acceptors (Lipinski definition) is 4. The summed E-state index contributed by atoms with van der Waals surface area (Å²) in [5, 5.41) is 7.77. The third-order valence-electron chi connectivity index (χ3n) is 4.55. The highest BCUT2D eigenvalue weighted by Gasteiger charge is 2.14. The Labute approximate surface area is 175 Å². The summed E-state index contributed by atoms with van der Waals surface area (Å²) < 4.78 is 26.2. The number of halogens is 1. The van der Waals surface area contributed by atoms with Gasteiger partial charge < -0.3 is 5.32 Å². The summed E-state index contributed by atoms with van der Waals surface area (Å²) in [5.41, 5.74) is 2.88. The van der Waals surface area contributed by atoms with E-state index >= 15 is 0 Å². The van der Waals surface area contributed by atoms with E-state index in [9.17, 15) is 13.2 Å². The number of amides is 1. The van der Waals surface area contributed by atoms with Crippen molar-refractivity contribution in [3.63, 3.8) is 0 Å². The van der Waals surface area contributed by atoms with Gasteiger partial charge in [0.2, 0.25) is 0 Å². The van der Waals surface area contributed by atoms with E-state index in [-0.39, 0.29) is 18.2 Å². The number of carbonyl (C=O) groups is 1. The number of benzene rings is 2. The summed E-state index contributed by atoms with van der Waals surface area (Å²) in [5.74, 6) is -0.269. The molecule has 0 aliphatic rings. The number of aryl methyl sites for hydroxylation is 1. The molecule has 29 heavy (non-hydrogen) atoms. The molecule has 1 N–H and O–H groups in total. The largest absolute Gasteiger partial charge is 0.352 e. The first-order valence-electron chi connectivity index (χ1n) is 9.18. The summed E-state index contributed by atoms with van der Waals surface area (Å²) in [6, 6.07) is 15.3. The molecule has 0 bridgehead atoms. The molecule has 1 aromatic heterocycles. The van der Waals surface area contributed by atoms with Gasteiger partial charge in [-0.3, -0.25) is 4.79 Å². The highest BCUT2D eigenvalue weighted by molar-refractivity contribution is 7.91. The lowest BCUT2D eigenvalue weighted by atomic mass is 10.2. The standard InChI is InChI=1S/C21H22ClN3O3S/c1-15-20(22)16(2)25(24-15)18-11-9-17(10-12-18)21(26)23-13-6-14-29(27,28)19-7-4-3-5-8-19/h3-5,7-12H,6,13-14H2,1-2H3,(H,23,26). The van der Waals surface area contributed by atoms with Crippen LogP contribution in [0.25, 0.3) is 5.69 Å². The van der Waals surface area contributed by atoms with Crippen molar-refractivity contribution in [2.75, 3.05) is 12.3 Å². The lowest BCUT2D eigenvalue weighted by molar-refractivity contribution is 0.0953. The van der Waals surface area contributed by atoms with Gasteiger partial charge in [0, 0.05) is 12.1 Å². The van der Waals surface area contributed by atoms with E-state index in [0.717, 1.165) is 17.1 Å². The summed E-state index contributed by atoms with van der Waals surface area (Å²) in [6.07, 6.45) is 0.339. The molecule has 3 rings (SSSR count). The van der Waals surface area contributed by atoms with Gasteiger partial charge in [-0.05, 0) is 56.7 Å². The van der Waals surface area contributed by atoms with Crippen molar-refractivity contribution < 1.29 is 13.2 Å². The number of carbonyl (C=O) groups excluding carboxylic acids is 1. The number of rotatable bonds is 7. The molecule has 0 fully saturated rings. The number of nitrogens with zero attached hydrogens (tertiary/aromatic N) is 2. The zero-order chi connectivity index (χ0) is 21.0. The molecule has 0 aliphatic heterocycles. The normalized spacial score (nSPS) is 11.4. The van der Waals surface area contributed by atoms with Crippen LogP contribution >= 0.6 is 11.6 Å². The lowest BCUT2D eigenvalue weighted by Gasteiger charge is -2.08. The summed E-state index contributed by atoms with van der Waals surface area (Å²) in [6.45, 7) is 4.00. The van der Waals surface area contributed by atoms with Crippen LogP contribution in [0.3, 0.4) is 0 Å². The molecule has 6 nitrogen and oxygen atoms in total. The van der Waals surface area contributed by atoms with Crippen molar-refractivity contribution in [2.45, 2.75) is 25.2 Å². The molecule has 0 spiro atoms. The first-order chi connectivity index (χ1) is 13.8. The van der Waals surface area contributed by atoms with Crippen LogP contribution in [0.5, 0.6) is 0 Å². The average Bonchev–Trinajstić information content (AvgIpc) is 2.99. The Morgan fingerprint density at radius 1 is 1.07 bits per heavy atom. The molecule has 3 aromatic rings. The average molecular weight is 432 g/mol. The first-order valence-corrected chi connectivity index (χ1v) is 11.2. The molecule has 8 heteroatoms. The van der Waals surface area contributed by atoms with Gasteiger partial charge in [-0.15, -0.1) is 0 Å². The minimum atomic E-state index is -3.34. The molecule has 0 radical (unpaired) electrons. The van der Waals surface area contributed by atoms with E-state index < -0.39 is 9.84 Å². The fourth-order valence-electron chi connectivity index (χ4n) is 2.94. The highest BCUT2D eigenvalue weighted by atomic mass is 35.5. The van der Waals surface area contributed by atoms with Crippen molar-refractivity contribution in [2.24, 2.45) is 0 Å². The predicted molar refractivity (Wildman–Crippen MR) is 113 cm³/mol. The van der Waals surface area contributed by atoms with Crippen LogP contribution in [0.2, 0.25) is 5.02 Å². The van der Waals surface area contributed by atoms with Gasteiger partial charge in [-0.25, -0.2) is 13.1 Å². The smallest absolute Gasteiger partial charge is 0.251 e. The van der Waals surface area contributed by atoms with E-state index in [1.165, 1.54) is 0 Å². The molecule has 2 aromatic carbocycles. The molecular formula is C21H22ClN3O3S. The Kier molecular flexibility index (Phi) is 6.39. The SMILES string of the molecule is Cc1nn(-c2ccc(C(=O)NCCCS(=O)(=O)c3ccccc3)cc2)c(C)c1Cl. The van der Waals surface area contributed by atoms with Gasteiger partial charge in [-0.2, -0.15) is 5.10 Å². The lowest BCUT2D eigenvalue weighted by Crippen LogP contribution is -2.26. The van der Waals surface area contributed by atoms with Crippen LogP contribution in [0.15, 0.2) is 59.5 Å². The molecule has 0 aliphatic carbocycles. The van der Waals surface area contributed by atoms with Crippen molar-refractivity contribution in [3.8, 4) is 5.69 Å². The number of aromatic nitrogens is 2. The third kappa shape index (κ3) is 4.86.